The zero-order valence-electron chi connectivity index (χ0n) is 19.2. The quantitative estimate of drug-likeness (QED) is 0.236. The van der Waals surface area contributed by atoms with Gasteiger partial charge < -0.3 is 23.4 Å². The van der Waals surface area contributed by atoms with Crippen molar-refractivity contribution in [2.24, 2.45) is 0 Å². The summed E-state index contributed by atoms with van der Waals surface area (Å²) in [6, 6.07) is 14.7. The van der Waals surface area contributed by atoms with Gasteiger partial charge in [0.15, 0.2) is 17.3 Å². The molecule has 6 nitrogen and oxygen atoms in total. The molecule has 0 amide bonds. The third-order valence-electron chi connectivity index (χ3n) is 5.32. The number of benzene rings is 3. The number of rotatable bonds is 8. The number of fused-ring (bicyclic) bond motifs is 1. The minimum Gasteiger partial charge on any atom is -0.496 e. The predicted octanol–water partition coefficient (Wildman–Crippen LogP) is 6.01. The molecule has 0 saturated carbocycles. The first-order valence-corrected chi connectivity index (χ1v) is 10.4. The van der Waals surface area contributed by atoms with E-state index in [0.29, 0.717) is 39.7 Å². The molecular formula is C27H23FO6. The van der Waals surface area contributed by atoms with E-state index in [0.717, 1.165) is 10.9 Å². The Morgan fingerprint density at radius 2 is 1.53 bits per heavy atom. The Bertz CT molecular complexity index is 1360. The highest BCUT2D eigenvalue weighted by Gasteiger charge is 2.21. The molecule has 0 unspecified atom stereocenters. The van der Waals surface area contributed by atoms with Gasteiger partial charge in [0.1, 0.15) is 17.1 Å². The topological polar surface area (TPSA) is 67.1 Å². The molecule has 1 heterocycles. The summed E-state index contributed by atoms with van der Waals surface area (Å²) in [4.78, 5) is 13.2. The maximum absolute atomic E-state index is 13.5. The van der Waals surface area contributed by atoms with Crippen molar-refractivity contribution in [1.82, 2.24) is 0 Å². The second-order valence-corrected chi connectivity index (χ2v) is 7.37. The SMILES string of the molecule is COc1cc2oc(C(=O)c3cc(OC)c(OC)c(OC)c3)cc2cc1/C=C/c1cccc(F)c1. The summed E-state index contributed by atoms with van der Waals surface area (Å²) in [5.41, 5.74) is 2.29. The molecule has 0 aliphatic carbocycles. The molecule has 4 rings (SSSR count). The van der Waals surface area contributed by atoms with Crippen molar-refractivity contribution in [3.8, 4) is 23.0 Å². The maximum atomic E-state index is 13.5. The molecule has 0 atom stereocenters. The van der Waals surface area contributed by atoms with Crippen LogP contribution in [0.5, 0.6) is 23.0 Å². The van der Waals surface area contributed by atoms with Gasteiger partial charge in [-0.3, -0.25) is 4.79 Å². The van der Waals surface area contributed by atoms with E-state index in [9.17, 15) is 9.18 Å². The summed E-state index contributed by atoms with van der Waals surface area (Å²) < 4.78 is 40.8. The van der Waals surface area contributed by atoms with Gasteiger partial charge in [0, 0.05) is 22.6 Å². The lowest BCUT2D eigenvalue weighted by Crippen LogP contribution is -2.03. The Labute approximate surface area is 196 Å². The van der Waals surface area contributed by atoms with Gasteiger partial charge in [-0.15, -0.1) is 0 Å². The van der Waals surface area contributed by atoms with E-state index < -0.39 is 0 Å². The molecule has 7 heteroatoms. The zero-order chi connectivity index (χ0) is 24.2. The fourth-order valence-electron chi connectivity index (χ4n) is 3.66. The van der Waals surface area contributed by atoms with Gasteiger partial charge in [-0.1, -0.05) is 24.3 Å². The van der Waals surface area contributed by atoms with Crippen LogP contribution in [-0.4, -0.2) is 34.2 Å². The third-order valence-corrected chi connectivity index (χ3v) is 5.32. The second kappa shape index (κ2) is 9.70. The number of hydrogen-bond donors (Lipinski definition) is 0. The van der Waals surface area contributed by atoms with Gasteiger partial charge in [0.2, 0.25) is 11.5 Å². The lowest BCUT2D eigenvalue weighted by molar-refractivity contribution is 0.101. The molecule has 0 saturated heterocycles. The van der Waals surface area contributed by atoms with Gasteiger partial charge in [-0.05, 0) is 42.0 Å². The van der Waals surface area contributed by atoms with Crippen LogP contribution in [0.2, 0.25) is 0 Å². The summed E-state index contributed by atoms with van der Waals surface area (Å²) in [7, 11) is 6.01. The molecule has 0 radical (unpaired) electrons. The normalized spacial score (nSPS) is 11.1. The van der Waals surface area contributed by atoms with Crippen LogP contribution in [0.25, 0.3) is 23.1 Å². The minimum atomic E-state index is -0.341. The maximum Gasteiger partial charge on any atom is 0.228 e. The van der Waals surface area contributed by atoms with Crippen molar-refractivity contribution in [3.63, 3.8) is 0 Å². The first-order chi connectivity index (χ1) is 16.5. The van der Waals surface area contributed by atoms with Crippen molar-refractivity contribution in [2.45, 2.75) is 0 Å². The minimum absolute atomic E-state index is 0.151. The zero-order valence-corrected chi connectivity index (χ0v) is 19.2. The predicted molar refractivity (Wildman–Crippen MR) is 128 cm³/mol. The van der Waals surface area contributed by atoms with Crippen LogP contribution < -0.4 is 18.9 Å². The summed E-state index contributed by atoms with van der Waals surface area (Å²) in [5.74, 6) is 1.19. The molecule has 3 aromatic carbocycles. The fourth-order valence-corrected chi connectivity index (χ4v) is 3.66. The monoisotopic (exact) mass is 462 g/mol. The number of hydrogen-bond acceptors (Lipinski definition) is 6. The van der Waals surface area contributed by atoms with E-state index in [1.54, 1.807) is 49.6 Å². The van der Waals surface area contributed by atoms with E-state index in [1.165, 1.54) is 33.5 Å². The van der Waals surface area contributed by atoms with E-state index >= 15 is 0 Å². The molecule has 0 N–H and O–H groups in total. The van der Waals surface area contributed by atoms with Crippen LogP contribution in [0, 0.1) is 5.82 Å². The average molecular weight is 462 g/mol. The molecule has 0 aliphatic rings. The fraction of sp³-hybridized carbons (Fsp3) is 0.148. The van der Waals surface area contributed by atoms with E-state index in [4.69, 9.17) is 23.4 Å². The summed E-state index contributed by atoms with van der Waals surface area (Å²) in [6.45, 7) is 0. The number of halogens is 1. The largest absolute Gasteiger partial charge is 0.496 e. The van der Waals surface area contributed by atoms with Crippen LogP contribution in [0.3, 0.4) is 0 Å². The highest BCUT2D eigenvalue weighted by Crippen LogP contribution is 2.39. The Hall–Kier alpha value is -4.26. The Morgan fingerprint density at radius 1 is 0.824 bits per heavy atom. The van der Waals surface area contributed by atoms with Crippen LogP contribution >= 0.6 is 0 Å². The van der Waals surface area contributed by atoms with Crippen molar-refractivity contribution in [3.05, 3.63) is 82.9 Å². The second-order valence-electron chi connectivity index (χ2n) is 7.37. The highest BCUT2D eigenvalue weighted by atomic mass is 19.1. The first-order valence-electron chi connectivity index (χ1n) is 10.4. The van der Waals surface area contributed by atoms with Gasteiger partial charge >= 0.3 is 0 Å². The van der Waals surface area contributed by atoms with Crippen molar-refractivity contribution < 1.29 is 32.5 Å². The van der Waals surface area contributed by atoms with E-state index in [-0.39, 0.29) is 17.4 Å². The Morgan fingerprint density at radius 3 is 2.15 bits per heavy atom. The molecular weight excluding hydrogens is 439 g/mol. The molecule has 174 valence electrons. The number of ketones is 1. The lowest BCUT2D eigenvalue weighted by atomic mass is 10.1. The van der Waals surface area contributed by atoms with Crippen LogP contribution in [0.15, 0.2) is 59.0 Å². The lowest BCUT2D eigenvalue weighted by Gasteiger charge is -2.13. The van der Waals surface area contributed by atoms with Gasteiger partial charge in [0.05, 0.1) is 28.4 Å². The van der Waals surface area contributed by atoms with Gasteiger partial charge in [-0.25, -0.2) is 4.39 Å². The number of carbonyl (C=O) groups is 1. The standard InChI is InChI=1S/C27H23FO6/c1-30-21-15-22-18(11-17(21)9-8-16-6-5-7-20(28)10-16)12-23(34-22)26(29)19-13-24(31-2)27(33-4)25(14-19)32-3/h5-15H,1-4H3/b9-8+. The van der Waals surface area contributed by atoms with Gasteiger partial charge in [-0.2, -0.15) is 0 Å². The summed E-state index contributed by atoms with van der Waals surface area (Å²) in [6.07, 6.45) is 3.61. The summed E-state index contributed by atoms with van der Waals surface area (Å²) in [5, 5.41) is 0.718. The Kier molecular flexibility index (Phi) is 6.54. The van der Waals surface area contributed by atoms with Crippen LogP contribution in [-0.2, 0) is 0 Å². The van der Waals surface area contributed by atoms with Crippen molar-refractivity contribution in [2.75, 3.05) is 28.4 Å². The summed E-state index contributed by atoms with van der Waals surface area (Å²) >= 11 is 0. The van der Waals surface area contributed by atoms with Crippen molar-refractivity contribution >= 4 is 28.9 Å². The molecule has 0 fully saturated rings. The van der Waals surface area contributed by atoms with Gasteiger partial charge in [0.25, 0.3) is 0 Å². The molecule has 0 spiro atoms. The molecule has 34 heavy (non-hydrogen) atoms. The number of ether oxygens (including phenoxy) is 4. The van der Waals surface area contributed by atoms with Crippen LogP contribution in [0.4, 0.5) is 4.39 Å². The number of carbonyl (C=O) groups excluding carboxylic acids is 1. The third kappa shape index (κ3) is 4.45. The van der Waals surface area contributed by atoms with E-state index in [1.807, 2.05) is 12.1 Å². The molecule has 0 aliphatic heterocycles. The van der Waals surface area contributed by atoms with E-state index in [2.05, 4.69) is 0 Å². The van der Waals surface area contributed by atoms with Crippen molar-refractivity contribution in [1.29, 1.82) is 0 Å². The number of furan rings is 1. The number of methoxy groups -OCH3 is 4. The average Bonchev–Trinajstić information content (AvgIpc) is 3.28. The van der Waals surface area contributed by atoms with Crippen LogP contribution in [0.1, 0.15) is 27.2 Å². The smallest absolute Gasteiger partial charge is 0.228 e. The molecule has 0 bridgehead atoms. The first kappa shape index (κ1) is 22.9. The molecule has 4 aromatic rings. The Balaban J connectivity index is 1.72. The highest BCUT2D eigenvalue weighted by molar-refractivity contribution is 6.09. The molecule has 1 aromatic heterocycles.